The van der Waals surface area contributed by atoms with Crippen molar-refractivity contribution in [1.29, 1.82) is 0 Å². The van der Waals surface area contributed by atoms with E-state index in [9.17, 15) is 9.59 Å². The molecule has 2 amide bonds. The number of hydrogen-bond donors (Lipinski definition) is 2. The minimum atomic E-state index is -0.563. The summed E-state index contributed by atoms with van der Waals surface area (Å²) in [6, 6.07) is -0.563. The second-order valence-corrected chi connectivity index (χ2v) is 4.48. The summed E-state index contributed by atoms with van der Waals surface area (Å²) in [6.07, 6.45) is 0. The molecule has 1 atom stereocenters. The summed E-state index contributed by atoms with van der Waals surface area (Å²) in [5, 5.41) is 2.56. The molecule has 1 aliphatic rings. The number of nitrogens with one attached hydrogen (secondary N) is 1. The number of nitrogens with two attached hydrogens (primary N) is 1. The minimum Gasteiger partial charge on any atom is -0.378 e. The number of nitrogens with zero attached hydrogens (tertiary/aromatic N) is 1. The van der Waals surface area contributed by atoms with Gasteiger partial charge in [-0.3, -0.25) is 9.59 Å². The van der Waals surface area contributed by atoms with E-state index in [0.29, 0.717) is 26.3 Å². The van der Waals surface area contributed by atoms with Gasteiger partial charge in [0.05, 0.1) is 25.8 Å². The van der Waals surface area contributed by atoms with Crippen LogP contribution in [0.5, 0.6) is 0 Å². The molecule has 1 heterocycles. The topological polar surface area (TPSA) is 84.7 Å². The van der Waals surface area contributed by atoms with Crippen molar-refractivity contribution in [2.75, 3.05) is 32.8 Å². The lowest BCUT2D eigenvalue weighted by Crippen LogP contribution is -2.49. The molecule has 3 N–H and O–H groups in total. The van der Waals surface area contributed by atoms with Crippen LogP contribution in [0.15, 0.2) is 0 Å². The molecule has 0 spiro atoms. The van der Waals surface area contributed by atoms with Crippen LogP contribution in [0.1, 0.15) is 13.8 Å². The number of morpholine rings is 1. The molecule has 1 saturated heterocycles. The van der Waals surface area contributed by atoms with Crippen molar-refractivity contribution in [3.8, 4) is 0 Å². The van der Waals surface area contributed by atoms with Crippen molar-refractivity contribution < 1.29 is 14.3 Å². The van der Waals surface area contributed by atoms with Gasteiger partial charge in [-0.1, -0.05) is 13.8 Å². The summed E-state index contributed by atoms with van der Waals surface area (Å²) in [5.74, 6) is -0.298. The number of rotatable bonds is 4. The Kier molecular flexibility index (Phi) is 7.90. The number of hydrogen-bond acceptors (Lipinski definition) is 4. The SMILES string of the molecule is CC(C)[C@@H](N)C(=O)NCC(=O)N1CCOCC1.Cl. The van der Waals surface area contributed by atoms with Crippen LogP contribution < -0.4 is 11.1 Å². The molecule has 6 nitrogen and oxygen atoms in total. The van der Waals surface area contributed by atoms with E-state index in [1.54, 1.807) is 4.90 Å². The highest BCUT2D eigenvalue weighted by Crippen LogP contribution is 1.99. The van der Waals surface area contributed by atoms with Gasteiger partial charge in [-0.25, -0.2) is 0 Å². The maximum atomic E-state index is 11.7. The third-order valence-electron chi connectivity index (χ3n) is 2.80. The van der Waals surface area contributed by atoms with Gasteiger partial charge < -0.3 is 20.7 Å². The van der Waals surface area contributed by atoms with Crippen LogP contribution in [0.25, 0.3) is 0 Å². The first-order valence-corrected chi connectivity index (χ1v) is 5.91. The molecule has 0 bridgehead atoms. The smallest absolute Gasteiger partial charge is 0.242 e. The Morgan fingerprint density at radius 1 is 1.33 bits per heavy atom. The first-order chi connectivity index (χ1) is 8.02. The van der Waals surface area contributed by atoms with Gasteiger partial charge in [0.25, 0.3) is 0 Å². The van der Waals surface area contributed by atoms with Crippen molar-refractivity contribution in [2.45, 2.75) is 19.9 Å². The monoisotopic (exact) mass is 279 g/mol. The third kappa shape index (κ3) is 5.20. The number of amides is 2. The van der Waals surface area contributed by atoms with Gasteiger partial charge in [0.1, 0.15) is 0 Å². The van der Waals surface area contributed by atoms with E-state index in [0.717, 1.165) is 0 Å². The number of halogens is 1. The van der Waals surface area contributed by atoms with Gasteiger partial charge >= 0.3 is 0 Å². The van der Waals surface area contributed by atoms with Gasteiger partial charge in [-0.2, -0.15) is 0 Å². The lowest BCUT2D eigenvalue weighted by molar-refractivity contribution is -0.136. The predicted molar refractivity (Wildman–Crippen MR) is 70.5 cm³/mol. The molecule has 7 heteroatoms. The summed E-state index contributed by atoms with van der Waals surface area (Å²) < 4.78 is 5.14. The van der Waals surface area contributed by atoms with Gasteiger partial charge in [0.15, 0.2) is 0 Å². The zero-order chi connectivity index (χ0) is 12.8. The highest BCUT2D eigenvalue weighted by molar-refractivity contribution is 5.87. The molecule has 0 aliphatic carbocycles. The fourth-order valence-electron chi connectivity index (χ4n) is 1.51. The number of carbonyl (C=O) groups excluding carboxylic acids is 2. The first-order valence-electron chi connectivity index (χ1n) is 5.91. The Morgan fingerprint density at radius 2 is 1.89 bits per heavy atom. The molecule has 1 rings (SSSR count). The molecule has 0 unspecified atom stereocenters. The first kappa shape index (κ1) is 17.2. The van der Waals surface area contributed by atoms with Gasteiger partial charge in [0, 0.05) is 13.1 Å². The van der Waals surface area contributed by atoms with Gasteiger partial charge in [-0.15, -0.1) is 12.4 Å². The normalized spacial score (nSPS) is 17.0. The molecule has 0 aromatic rings. The minimum absolute atomic E-state index is 0. The number of ether oxygens (including phenoxy) is 1. The zero-order valence-corrected chi connectivity index (χ0v) is 11.7. The van der Waals surface area contributed by atoms with Crippen molar-refractivity contribution in [1.82, 2.24) is 10.2 Å². The fourth-order valence-corrected chi connectivity index (χ4v) is 1.51. The second-order valence-electron chi connectivity index (χ2n) is 4.48. The van der Waals surface area contributed by atoms with Crippen LogP contribution >= 0.6 is 12.4 Å². The summed E-state index contributed by atoms with van der Waals surface area (Å²) >= 11 is 0. The van der Waals surface area contributed by atoms with E-state index in [4.69, 9.17) is 10.5 Å². The summed E-state index contributed by atoms with van der Waals surface area (Å²) in [7, 11) is 0. The maximum Gasteiger partial charge on any atom is 0.242 e. The molecular formula is C11H22ClN3O3. The highest BCUT2D eigenvalue weighted by atomic mass is 35.5. The standard InChI is InChI=1S/C11H21N3O3.ClH/c1-8(2)10(12)11(16)13-7-9(15)14-3-5-17-6-4-14;/h8,10H,3-7,12H2,1-2H3,(H,13,16);1H/t10-;/m1./s1. The summed E-state index contributed by atoms with van der Waals surface area (Å²) in [5.41, 5.74) is 5.67. The van der Waals surface area contributed by atoms with Crippen molar-refractivity contribution in [3.05, 3.63) is 0 Å². The van der Waals surface area contributed by atoms with E-state index in [1.165, 1.54) is 0 Å². The average molecular weight is 280 g/mol. The summed E-state index contributed by atoms with van der Waals surface area (Å²) in [4.78, 5) is 24.9. The Hall–Kier alpha value is -0.850. The van der Waals surface area contributed by atoms with E-state index in [2.05, 4.69) is 5.32 Å². The van der Waals surface area contributed by atoms with E-state index < -0.39 is 6.04 Å². The van der Waals surface area contributed by atoms with E-state index >= 15 is 0 Å². The van der Waals surface area contributed by atoms with Gasteiger partial charge in [-0.05, 0) is 5.92 Å². The van der Waals surface area contributed by atoms with Crippen molar-refractivity contribution >= 4 is 24.2 Å². The lowest BCUT2D eigenvalue weighted by atomic mass is 10.1. The van der Waals surface area contributed by atoms with Crippen LogP contribution in [0.2, 0.25) is 0 Å². The molecule has 0 saturated carbocycles. The van der Waals surface area contributed by atoms with Crippen molar-refractivity contribution in [2.24, 2.45) is 11.7 Å². The average Bonchev–Trinajstić information content (AvgIpc) is 2.35. The maximum absolute atomic E-state index is 11.7. The van der Waals surface area contributed by atoms with E-state index in [1.807, 2.05) is 13.8 Å². The molecule has 0 radical (unpaired) electrons. The molecule has 18 heavy (non-hydrogen) atoms. The largest absolute Gasteiger partial charge is 0.378 e. The zero-order valence-electron chi connectivity index (χ0n) is 10.8. The molecule has 0 aromatic heterocycles. The van der Waals surface area contributed by atoms with Crippen LogP contribution in [-0.4, -0.2) is 55.6 Å². The molecule has 106 valence electrons. The molecule has 1 fully saturated rings. The summed E-state index contributed by atoms with van der Waals surface area (Å²) in [6.45, 7) is 6.05. The lowest BCUT2D eigenvalue weighted by Gasteiger charge is -2.27. The van der Waals surface area contributed by atoms with Crippen molar-refractivity contribution in [3.63, 3.8) is 0 Å². The van der Waals surface area contributed by atoms with Crippen LogP contribution in [0, 0.1) is 5.92 Å². The van der Waals surface area contributed by atoms with Crippen LogP contribution in [-0.2, 0) is 14.3 Å². The molecule has 1 aliphatic heterocycles. The quantitative estimate of drug-likeness (QED) is 0.717. The van der Waals surface area contributed by atoms with Crippen LogP contribution in [0.4, 0.5) is 0 Å². The van der Waals surface area contributed by atoms with Gasteiger partial charge in [0.2, 0.25) is 11.8 Å². The Balaban J connectivity index is 0.00000289. The molecule has 0 aromatic carbocycles. The Bertz CT molecular complexity index is 281. The second kappa shape index (κ2) is 8.29. The third-order valence-corrected chi connectivity index (χ3v) is 2.80. The Labute approximate surface area is 114 Å². The van der Waals surface area contributed by atoms with E-state index in [-0.39, 0.29) is 36.7 Å². The number of carbonyl (C=O) groups is 2. The fraction of sp³-hybridized carbons (Fsp3) is 0.818. The Morgan fingerprint density at radius 3 is 2.39 bits per heavy atom. The molecular weight excluding hydrogens is 258 g/mol. The predicted octanol–water partition coefficient (Wildman–Crippen LogP) is -0.633. The van der Waals surface area contributed by atoms with Crippen LogP contribution in [0.3, 0.4) is 0 Å². The highest BCUT2D eigenvalue weighted by Gasteiger charge is 2.20.